The molecule has 0 aliphatic heterocycles. The maximum absolute atomic E-state index is 11.3. The highest BCUT2D eigenvalue weighted by Gasteiger charge is 1.99. The number of benzene rings is 1. The van der Waals surface area contributed by atoms with Crippen LogP contribution in [0, 0.1) is 6.92 Å². The summed E-state index contributed by atoms with van der Waals surface area (Å²) in [7, 11) is 0. The summed E-state index contributed by atoms with van der Waals surface area (Å²) >= 11 is 0. The van der Waals surface area contributed by atoms with Gasteiger partial charge < -0.3 is 16.4 Å². The molecule has 1 aromatic rings. The summed E-state index contributed by atoms with van der Waals surface area (Å²) in [5, 5.41) is 5.77. The van der Waals surface area contributed by atoms with E-state index in [1.165, 1.54) is 5.56 Å². The highest BCUT2D eigenvalue weighted by Crippen LogP contribution is 2.07. The predicted octanol–water partition coefficient (Wildman–Crippen LogP) is 1.64. The number of hydrogen-bond donors (Lipinski definition) is 3. The molecule has 1 rings (SSSR count). The number of amides is 1. The normalized spacial score (nSPS) is 11.2. The van der Waals surface area contributed by atoms with E-state index in [0.717, 1.165) is 12.1 Å². The molecule has 0 heterocycles. The van der Waals surface area contributed by atoms with Gasteiger partial charge in [0.1, 0.15) is 0 Å². The minimum absolute atomic E-state index is 0.00809. The van der Waals surface area contributed by atoms with Gasteiger partial charge in [0.2, 0.25) is 5.91 Å². The van der Waals surface area contributed by atoms with Crippen LogP contribution in [0.2, 0.25) is 0 Å². The molecule has 0 saturated heterocycles. The van der Waals surface area contributed by atoms with E-state index in [2.05, 4.69) is 15.6 Å². The highest BCUT2D eigenvalue weighted by molar-refractivity contribution is 5.92. The molecule has 19 heavy (non-hydrogen) atoms. The van der Waals surface area contributed by atoms with Gasteiger partial charge in [-0.2, -0.15) is 0 Å². The minimum Gasteiger partial charge on any atom is -0.370 e. The topological polar surface area (TPSA) is 79.5 Å². The Morgan fingerprint density at radius 3 is 2.63 bits per heavy atom. The third-order valence-electron chi connectivity index (χ3n) is 2.52. The molecule has 5 nitrogen and oxygen atoms in total. The first-order chi connectivity index (χ1) is 9.11. The van der Waals surface area contributed by atoms with E-state index in [4.69, 9.17) is 5.73 Å². The quantitative estimate of drug-likeness (QED) is 0.538. The van der Waals surface area contributed by atoms with Gasteiger partial charge in [0.25, 0.3) is 0 Å². The zero-order valence-corrected chi connectivity index (χ0v) is 11.6. The van der Waals surface area contributed by atoms with Gasteiger partial charge >= 0.3 is 0 Å². The third-order valence-corrected chi connectivity index (χ3v) is 2.52. The van der Waals surface area contributed by atoms with Crippen molar-refractivity contribution >= 4 is 17.6 Å². The molecular formula is C14H22N4O. The fraction of sp³-hybridized carbons (Fsp3) is 0.429. The number of anilines is 1. The number of nitrogens with zero attached hydrogens (tertiary/aromatic N) is 1. The van der Waals surface area contributed by atoms with Crippen LogP contribution in [0.25, 0.3) is 0 Å². The smallest absolute Gasteiger partial charge is 0.221 e. The van der Waals surface area contributed by atoms with Crippen LogP contribution < -0.4 is 16.4 Å². The SMILES string of the molecule is CCCNC(=O)CCN=C(N)Nc1ccc(C)cc1. The predicted molar refractivity (Wildman–Crippen MR) is 79.2 cm³/mol. The highest BCUT2D eigenvalue weighted by atomic mass is 16.1. The number of aliphatic imine (C=N–C) groups is 1. The number of guanidine groups is 1. The van der Waals surface area contributed by atoms with Crippen molar-refractivity contribution in [3.63, 3.8) is 0 Å². The number of carbonyl (C=O) groups is 1. The van der Waals surface area contributed by atoms with Gasteiger partial charge in [-0.3, -0.25) is 9.79 Å². The van der Waals surface area contributed by atoms with Crippen LogP contribution in [0.3, 0.4) is 0 Å². The maximum atomic E-state index is 11.3. The van der Waals surface area contributed by atoms with Crippen LogP contribution in [0.4, 0.5) is 5.69 Å². The lowest BCUT2D eigenvalue weighted by Crippen LogP contribution is -2.26. The van der Waals surface area contributed by atoms with Gasteiger partial charge in [-0.15, -0.1) is 0 Å². The standard InChI is InChI=1S/C14H22N4O/c1-3-9-16-13(19)8-10-17-14(15)18-12-6-4-11(2)5-7-12/h4-7H,3,8-10H2,1-2H3,(H,16,19)(H3,15,17,18). The van der Waals surface area contributed by atoms with E-state index < -0.39 is 0 Å². The zero-order valence-electron chi connectivity index (χ0n) is 11.6. The molecule has 0 spiro atoms. The van der Waals surface area contributed by atoms with Crippen molar-refractivity contribution in [2.45, 2.75) is 26.7 Å². The minimum atomic E-state index is 0.00809. The summed E-state index contributed by atoms with van der Waals surface area (Å²) in [5.41, 5.74) is 7.82. The molecule has 0 aliphatic carbocycles. The average Bonchev–Trinajstić information content (AvgIpc) is 2.39. The van der Waals surface area contributed by atoms with Gasteiger partial charge in [-0.1, -0.05) is 24.6 Å². The van der Waals surface area contributed by atoms with Gasteiger partial charge in [0, 0.05) is 18.7 Å². The Bertz CT molecular complexity index is 426. The third kappa shape index (κ3) is 6.45. The summed E-state index contributed by atoms with van der Waals surface area (Å²) in [4.78, 5) is 15.5. The molecule has 0 bridgehead atoms. The second-order valence-electron chi connectivity index (χ2n) is 4.36. The molecule has 0 unspecified atom stereocenters. The summed E-state index contributed by atoms with van der Waals surface area (Å²) in [6, 6.07) is 7.86. The zero-order chi connectivity index (χ0) is 14.1. The molecule has 4 N–H and O–H groups in total. The molecule has 104 valence electrons. The van der Waals surface area contributed by atoms with Gasteiger partial charge in [0.15, 0.2) is 5.96 Å². The van der Waals surface area contributed by atoms with Gasteiger partial charge in [-0.25, -0.2) is 0 Å². The molecule has 0 radical (unpaired) electrons. The van der Waals surface area contributed by atoms with Crippen LogP contribution in [-0.2, 0) is 4.79 Å². The molecule has 0 aromatic heterocycles. The Morgan fingerprint density at radius 2 is 2.00 bits per heavy atom. The Morgan fingerprint density at radius 1 is 1.32 bits per heavy atom. The first-order valence-corrected chi connectivity index (χ1v) is 6.52. The Kier molecular flexibility index (Phi) is 6.43. The molecule has 0 atom stereocenters. The lowest BCUT2D eigenvalue weighted by Gasteiger charge is -2.06. The number of carbonyl (C=O) groups excluding carboxylic acids is 1. The van der Waals surface area contributed by atoms with E-state index in [9.17, 15) is 4.79 Å². The van der Waals surface area contributed by atoms with E-state index in [1.807, 2.05) is 38.1 Å². The Labute approximate surface area is 114 Å². The van der Waals surface area contributed by atoms with E-state index >= 15 is 0 Å². The van der Waals surface area contributed by atoms with Crippen LogP contribution in [0.1, 0.15) is 25.3 Å². The summed E-state index contributed by atoms with van der Waals surface area (Å²) in [6.07, 6.45) is 1.29. The fourth-order valence-electron chi connectivity index (χ4n) is 1.46. The van der Waals surface area contributed by atoms with Crippen molar-refractivity contribution in [1.29, 1.82) is 0 Å². The van der Waals surface area contributed by atoms with Gasteiger partial charge in [0.05, 0.1) is 6.54 Å². The maximum Gasteiger partial charge on any atom is 0.221 e. The molecule has 0 fully saturated rings. The van der Waals surface area contributed by atoms with Crippen molar-refractivity contribution < 1.29 is 4.79 Å². The van der Waals surface area contributed by atoms with Crippen molar-refractivity contribution in [3.8, 4) is 0 Å². The first-order valence-electron chi connectivity index (χ1n) is 6.52. The second-order valence-corrected chi connectivity index (χ2v) is 4.36. The number of nitrogens with two attached hydrogens (primary N) is 1. The molecule has 0 aliphatic rings. The number of aryl methyl sites for hydroxylation is 1. The van der Waals surface area contributed by atoms with Crippen molar-refractivity contribution in [1.82, 2.24) is 5.32 Å². The van der Waals surface area contributed by atoms with Crippen LogP contribution in [-0.4, -0.2) is 25.0 Å². The number of nitrogens with one attached hydrogen (secondary N) is 2. The van der Waals surface area contributed by atoms with E-state index in [-0.39, 0.29) is 5.91 Å². The van der Waals surface area contributed by atoms with Crippen LogP contribution in [0.15, 0.2) is 29.3 Å². The monoisotopic (exact) mass is 262 g/mol. The molecular weight excluding hydrogens is 240 g/mol. The number of rotatable bonds is 6. The fourth-order valence-corrected chi connectivity index (χ4v) is 1.46. The Hall–Kier alpha value is -2.04. The van der Waals surface area contributed by atoms with E-state index in [1.54, 1.807) is 0 Å². The van der Waals surface area contributed by atoms with Crippen LogP contribution >= 0.6 is 0 Å². The van der Waals surface area contributed by atoms with Crippen molar-refractivity contribution in [2.24, 2.45) is 10.7 Å². The molecule has 1 amide bonds. The second kappa shape index (κ2) is 8.13. The summed E-state index contributed by atoms with van der Waals surface area (Å²) in [6.45, 7) is 5.14. The average molecular weight is 262 g/mol. The number of hydrogen-bond acceptors (Lipinski definition) is 2. The molecule has 1 aromatic carbocycles. The largest absolute Gasteiger partial charge is 0.370 e. The van der Waals surface area contributed by atoms with E-state index in [0.29, 0.717) is 25.5 Å². The van der Waals surface area contributed by atoms with Crippen molar-refractivity contribution in [3.05, 3.63) is 29.8 Å². The lowest BCUT2D eigenvalue weighted by molar-refractivity contribution is -0.120. The first kappa shape index (κ1) is 15.0. The summed E-state index contributed by atoms with van der Waals surface area (Å²) in [5.74, 6) is 0.334. The Balaban J connectivity index is 2.32. The van der Waals surface area contributed by atoms with Crippen molar-refractivity contribution in [2.75, 3.05) is 18.4 Å². The van der Waals surface area contributed by atoms with Gasteiger partial charge in [-0.05, 0) is 25.5 Å². The molecule has 0 saturated carbocycles. The summed E-state index contributed by atoms with van der Waals surface area (Å²) < 4.78 is 0. The lowest BCUT2D eigenvalue weighted by atomic mass is 10.2. The van der Waals surface area contributed by atoms with Crippen LogP contribution in [0.5, 0.6) is 0 Å². The molecule has 5 heteroatoms.